The Morgan fingerprint density at radius 3 is 2.18 bits per heavy atom. The molecule has 0 atom stereocenters. The topological polar surface area (TPSA) is 55.2 Å². The molecule has 0 radical (unpaired) electrons. The van der Waals surface area contributed by atoms with Gasteiger partial charge in [0.05, 0.1) is 12.3 Å². The van der Waals surface area contributed by atoms with Crippen molar-refractivity contribution >= 4 is 17.2 Å². The van der Waals surface area contributed by atoms with Crippen LogP contribution in [0.4, 0.5) is 0 Å². The minimum absolute atomic E-state index is 0.134. The standard InChI is InChI=1S/C28H43ClN4O/c1-5-6-7-8-9-10-11-12-13-14-21-34-24-17-15-23(16-18-24)19-20-28(3,4)27-31-30-26-25(29)22(2)32-33(26)27/h15-18,32H,5-14,19-21H2,1-4H3. The number of nitrogens with one attached hydrogen (secondary N) is 1. The van der Waals surface area contributed by atoms with E-state index in [-0.39, 0.29) is 5.41 Å². The van der Waals surface area contributed by atoms with E-state index < -0.39 is 0 Å². The third kappa shape index (κ3) is 7.49. The maximum atomic E-state index is 6.32. The fourth-order valence-corrected chi connectivity index (χ4v) is 4.62. The summed E-state index contributed by atoms with van der Waals surface area (Å²) in [4.78, 5) is 0. The first-order chi connectivity index (χ1) is 16.4. The van der Waals surface area contributed by atoms with Gasteiger partial charge in [-0.15, -0.1) is 10.2 Å². The van der Waals surface area contributed by atoms with Gasteiger partial charge in [0.25, 0.3) is 0 Å². The molecule has 3 rings (SSSR count). The molecule has 5 nitrogen and oxygen atoms in total. The van der Waals surface area contributed by atoms with Crippen LogP contribution in [0.15, 0.2) is 24.3 Å². The third-order valence-corrected chi connectivity index (χ3v) is 7.25. The van der Waals surface area contributed by atoms with Crippen molar-refractivity contribution in [3.8, 4) is 5.75 Å². The van der Waals surface area contributed by atoms with Crippen LogP contribution in [0.25, 0.3) is 5.65 Å². The number of ether oxygens (including phenoxy) is 1. The normalized spacial score (nSPS) is 12.0. The number of benzene rings is 1. The Labute approximate surface area is 210 Å². The van der Waals surface area contributed by atoms with E-state index in [9.17, 15) is 0 Å². The van der Waals surface area contributed by atoms with Crippen molar-refractivity contribution in [1.82, 2.24) is 19.8 Å². The number of aromatic nitrogens is 4. The predicted molar refractivity (Wildman–Crippen MR) is 142 cm³/mol. The highest BCUT2D eigenvalue weighted by atomic mass is 35.5. The van der Waals surface area contributed by atoms with Gasteiger partial charge in [-0.25, -0.2) is 4.52 Å². The van der Waals surface area contributed by atoms with Gasteiger partial charge in [0.15, 0.2) is 11.5 Å². The summed E-state index contributed by atoms with van der Waals surface area (Å²) in [5.41, 5.74) is 2.79. The second-order valence-corrected chi connectivity index (χ2v) is 10.7. The Balaban J connectivity index is 1.34. The average Bonchev–Trinajstić information content (AvgIpc) is 3.37. The fourth-order valence-electron chi connectivity index (χ4n) is 4.46. The summed E-state index contributed by atoms with van der Waals surface area (Å²) in [6, 6.07) is 8.56. The molecule has 0 saturated carbocycles. The van der Waals surface area contributed by atoms with Crippen LogP contribution in [0.5, 0.6) is 5.75 Å². The van der Waals surface area contributed by atoms with Crippen molar-refractivity contribution < 1.29 is 4.74 Å². The van der Waals surface area contributed by atoms with Crippen LogP contribution >= 0.6 is 11.6 Å². The molecule has 3 aromatic rings. The van der Waals surface area contributed by atoms with Crippen LogP contribution in [0.3, 0.4) is 0 Å². The van der Waals surface area contributed by atoms with Gasteiger partial charge in [0, 0.05) is 5.41 Å². The Bertz CT molecular complexity index is 990. The molecule has 2 aromatic heterocycles. The van der Waals surface area contributed by atoms with E-state index in [2.05, 4.69) is 60.3 Å². The molecule has 1 aromatic carbocycles. The summed E-state index contributed by atoms with van der Waals surface area (Å²) < 4.78 is 7.88. The SMILES string of the molecule is CCCCCCCCCCCCOc1ccc(CCC(C)(C)c2nnc3c(Cl)c(C)[nH]n23)cc1. The van der Waals surface area contributed by atoms with Crippen molar-refractivity contribution in [3.63, 3.8) is 0 Å². The van der Waals surface area contributed by atoms with Crippen LogP contribution < -0.4 is 4.74 Å². The summed E-state index contributed by atoms with van der Waals surface area (Å²) in [6.45, 7) is 9.45. The predicted octanol–water partition coefficient (Wildman–Crippen LogP) is 8.23. The molecule has 6 heteroatoms. The third-order valence-electron chi connectivity index (χ3n) is 6.80. The quantitative estimate of drug-likeness (QED) is 0.207. The molecular formula is C28H43ClN4O. The van der Waals surface area contributed by atoms with Crippen LogP contribution in [-0.2, 0) is 11.8 Å². The molecule has 0 aliphatic carbocycles. The monoisotopic (exact) mass is 486 g/mol. The van der Waals surface area contributed by atoms with Crippen LogP contribution in [-0.4, -0.2) is 26.4 Å². The van der Waals surface area contributed by atoms with E-state index in [1.807, 2.05) is 11.4 Å². The van der Waals surface area contributed by atoms with Gasteiger partial charge >= 0.3 is 0 Å². The zero-order chi connectivity index (χ0) is 24.4. The van der Waals surface area contributed by atoms with E-state index in [1.165, 1.54) is 63.4 Å². The molecule has 0 spiro atoms. The second kappa shape index (κ2) is 13.2. The molecule has 34 heavy (non-hydrogen) atoms. The van der Waals surface area contributed by atoms with E-state index in [0.29, 0.717) is 10.7 Å². The maximum Gasteiger partial charge on any atom is 0.196 e. The highest BCUT2D eigenvalue weighted by Gasteiger charge is 2.28. The first-order valence-electron chi connectivity index (χ1n) is 13.2. The molecule has 188 valence electrons. The van der Waals surface area contributed by atoms with Gasteiger partial charge in [-0.2, -0.15) is 0 Å². The average molecular weight is 487 g/mol. The lowest BCUT2D eigenvalue weighted by atomic mass is 9.85. The number of rotatable bonds is 16. The number of aryl methyl sites for hydroxylation is 2. The molecule has 2 heterocycles. The molecule has 0 unspecified atom stereocenters. The van der Waals surface area contributed by atoms with Gasteiger partial charge < -0.3 is 4.74 Å². The highest BCUT2D eigenvalue weighted by Crippen LogP contribution is 2.30. The van der Waals surface area contributed by atoms with Crippen molar-refractivity contribution in [3.05, 3.63) is 46.4 Å². The number of nitrogens with zero attached hydrogens (tertiary/aromatic N) is 3. The lowest BCUT2D eigenvalue weighted by Crippen LogP contribution is -2.22. The van der Waals surface area contributed by atoms with Crippen molar-refractivity contribution in [2.24, 2.45) is 0 Å². The molecular weight excluding hydrogens is 444 g/mol. The van der Waals surface area contributed by atoms with Crippen molar-refractivity contribution in [2.45, 2.75) is 110 Å². The number of H-pyrrole nitrogens is 1. The lowest BCUT2D eigenvalue weighted by molar-refractivity contribution is 0.304. The van der Waals surface area contributed by atoms with Crippen LogP contribution in [0.1, 0.15) is 108 Å². The number of hydrogen-bond donors (Lipinski definition) is 1. The molecule has 1 N–H and O–H groups in total. The summed E-state index contributed by atoms with van der Waals surface area (Å²) in [5, 5.41) is 12.6. The van der Waals surface area contributed by atoms with Gasteiger partial charge in [-0.3, -0.25) is 5.10 Å². The zero-order valence-electron chi connectivity index (χ0n) is 21.6. The molecule has 0 aliphatic rings. The smallest absolute Gasteiger partial charge is 0.196 e. The molecule has 0 amide bonds. The van der Waals surface area contributed by atoms with Crippen LogP contribution in [0, 0.1) is 6.92 Å². The van der Waals surface area contributed by atoms with E-state index >= 15 is 0 Å². The minimum Gasteiger partial charge on any atom is -0.494 e. The Hall–Kier alpha value is -2.01. The zero-order valence-corrected chi connectivity index (χ0v) is 22.4. The van der Waals surface area contributed by atoms with Gasteiger partial charge in [-0.05, 0) is 43.9 Å². The Morgan fingerprint density at radius 1 is 0.912 bits per heavy atom. The molecule has 0 saturated heterocycles. The fraction of sp³-hybridized carbons (Fsp3) is 0.643. The Morgan fingerprint density at radius 2 is 1.53 bits per heavy atom. The van der Waals surface area contributed by atoms with Gasteiger partial charge in [-0.1, -0.05) is 102 Å². The van der Waals surface area contributed by atoms with Crippen molar-refractivity contribution in [1.29, 1.82) is 0 Å². The maximum absolute atomic E-state index is 6.32. The number of unbranched alkanes of at least 4 members (excludes halogenated alkanes) is 9. The van der Waals surface area contributed by atoms with Crippen molar-refractivity contribution in [2.75, 3.05) is 6.61 Å². The van der Waals surface area contributed by atoms with Crippen LogP contribution in [0.2, 0.25) is 5.02 Å². The van der Waals surface area contributed by atoms with E-state index in [0.717, 1.165) is 43.1 Å². The largest absolute Gasteiger partial charge is 0.494 e. The van der Waals surface area contributed by atoms with Gasteiger partial charge in [0.1, 0.15) is 10.8 Å². The second-order valence-electron chi connectivity index (χ2n) is 10.3. The van der Waals surface area contributed by atoms with E-state index in [4.69, 9.17) is 16.3 Å². The summed E-state index contributed by atoms with van der Waals surface area (Å²) >= 11 is 6.32. The summed E-state index contributed by atoms with van der Waals surface area (Å²) in [6.07, 6.45) is 15.4. The number of halogens is 1. The lowest BCUT2D eigenvalue weighted by Gasteiger charge is -2.22. The number of hydrogen-bond acceptors (Lipinski definition) is 3. The first-order valence-corrected chi connectivity index (χ1v) is 13.6. The number of aromatic amines is 1. The summed E-state index contributed by atoms with van der Waals surface area (Å²) in [5.74, 6) is 1.88. The van der Waals surface area contributed by atoms with E-state index in [1.54, 1.807) is 0 Å². The Kier molecular flexibility index (Phi) is 10.3. The summed E-state index contributed by atoms with van der Waals surface area (Å²) in [7, 11) is 0. The molecule has 0 bridgehead atoms. The highest BCUT2D eigenvalue weighted by molar-refractivity contribution is 6.34. The first kappa shape index (κ1) is 26.6. The number of fused-ring (bicyclic) bond motifs is 1. The minimum atomic E-state index is -0.134. The van der Waals surface area contributed by atoms with Gasteiger partial charge in [0.2, 0.25) is 0 Å². The molecule has 0 aliphatic heterocycles. The molecule has 0 fully saturated rings.